The molecule has 0 unspecified atom stereocenters. The second-order valence-corrected chi connectivity index (χ2v) is 12.3. The molecule has 0 fully saturated rings. The van der Waals surface area contributed by atoms with Gasteiger partial charge in [-0.1, -0.05) is 116 Å². The number of hydrogen-bond acceptors (Lipinski definition) is 1. The van der Waals surface area contributed by atoms with Crippen molar-refractivity contribution >= 4 is 17.1 Å². The maximum atomic E-state index is 2.43. The van der Waals surface area contributed by atoms with Gasteiger partial charge in [0, 0.05) is 22.5 Å². The predicted molar refractivity (Wildman–Crippen MR) is 177 cm³/mol. The number of hydrogen-bond donors (Lipinski definition) is 0. The van der Waals surface area contributed by atoms with E-state index in [-0.39, 0.29) is 5.41 Å². The third-order valence-corrected chi connectivity index (χ3v) is 9.37. The number of anilines is 3. The summed E-state index contributed by atoms with van der Waals surface area (Å²) in [6.07, 6.45) is 0.978. The maximum absolute atomic E-state index is 2.43. The van der Waals surface area contributed by atoms with Crippen LogP contribution in [0.3, 0.4) is 0 Å². The van der Waals surface area contributed by atoms with Crippen molar-refractivity contribution in [3.63, 3.8) is 0 Å². The molecule has 6 aromatic rings. The van der Waals surface area contributed by atoms with Crippen LogP contribution in [0.4, 0.5) is 17.1 Å². The van der Waals surface area contributed by atoms with Crippen molar-refractivity contribution in [2.75, 3.05) is 4.90 Å². The minimum atomic E-state index is -0.0531. The zero-order valence-electron chi connectivity index (χ0n) is 24.4. The van der Waals surface area contributed by atoms with Gasteiger partial charge in [0.15, 0.2) is 0 Å². The molecule has 6 aromatic carbocycles. The lowest BCUT2D eigenvalue weighted by Crippen LogP contribution is -2.16. The molecule has 0 heterocycles. The van der Waals surface area contributed by atoms with Gasteiger partial charge in [-0.15, -0.1) is 0 Å². The van der Waals surface area contributed by atoms with Crippen molar-refractivity contribution in [1.82, 2.24) is 0 Å². The van der Waals surface area contributed by atoms with E-state index >= 15 is 0 Å². The summed E-state index contributed by atoms with van der Waals surface area (Å²) in [4.78, 5) is 2.43. The topological polar surface area (TPSA) is 3.24 Å². The van der Waals surface area contributed by atoms with Crippen molar-refractivity contribution in [3.8, 4) is 33.4 Å². The molecule has 0 radical (unpaired) electrons. The second-order valence-electron chi connectivity index (χ2n) is 12.3. The van der Waals surface area contributed by atoms with Crippen LogP contribution in [-0.2, 0) is 11.8 Å². The minimum Gasteiger partial charge on any atom is -0.310 e. The molecule has 1 heteroatoms. The predicted octanol–water partition coefficient (Wildman–Crippen LogP) is 11.0. The lowest BCUT2D eigenvalue weighted by atomic mass is 9.82. The lowest BCUT2D eigenvalue weighted by Gasteiger charge is -2.28. The number of aryl methyl sites for hydroxylation is 1. The molecule has 0 N–H and O–H groups in total. The van der Waals surface area contributed by atoms with Gasteiger partial charge in [0.2, 0.25) is 0 Å². The fourth-order valence-corrected chi connectivity index (χ4v) is 7.10. The summed E-state index contributed by atoms with van der Waals surface area (Å²) in [5.74, 6) is 0. The molecule has 0 amide bonds. The molecule has 0 atom stereocenters. The summed E-state index contributed by atoms with van der Waals surface area (Å²) in [6.45, 7) is 6.85. The SMILES string of the molecule is Cc1ccc(-c2ccc(N(c3ccc4c(c3)Cc3ccccc3-4)c3ccc4c(c3)C(C)(C)c3ccccc3-4)cc2)cc1. The molecule has 2 aliphatic rings. The van der Waals surface area contributed by atoms with Crippen LogP contribution in [0.15, 0.2) is 133 Å². The summed E-state index contributed by atoms with van der Waals surface area (Å²) in [6, 6.07) is 49.6. The molecule has 1 nitrogen and oxygen atoms in total. The van der Waals surface area contributed by atoms with Gasteiger partial charge in [-0.2, -0.15) is 0 Å². The largest absolute Gasteiger partial charge is 0.310 e. The van der Waals surface area contributed by atoms with Gasteiger partial charge >= 0.3 is 0 Å². The molecule has 0 aromatic heterocycles. The minimum absolute atomic E-state index is 0.0531. The average Bonchev–Trinajstić information content (AvgIpc) is 3.50. The first-order valence-corrected chi connectivity index (χ1v) is 14.9. The third kappa shape index (κ3) is 3.84. The highest BCUT2D eigenvalue weighted by molar-refractivity contribution is 5.87. The average molecular weight is 540 g/mol. The summed E-state index contributed by atoms with van der Waals surface area (Å²) in [7, 11) is 0. The molecule has 202 valence electrons. The highest BCUT2D eigenvalue weighted by Gasteiger charge is 2.35. The number of nitrogens with zero attached hydrogens (tertiary/aromatic N) is 1. The van der Waals surface area contributed by atoms with Crippen LogP contribution in [0.5, 0.6) is 0 Å². The van der Waals surface area contributed by atoms with E-state index in [4.69, 9.17) is 0 Å². The second kappa shape index (κ2) is 9.33. The maximum Gasteiger partial charge on any atom is 0.0465 e. The number of rotatable bonds is 4. The monoisotopic (exact) mass is 539 g/mol. The fourth-order valence-electron chi connectivity index (χ4n) is 7.10. The van der Waals surface area contributed by atoms with E-state index in [9.17, 15) is 0 Å². The normalized spacial score (nSPS) is 13.7. The zero-order chi connectivity index (χ0) is 28.4. The smallest absolute Gasteiger partial charge is 0.0465 e. The van der Waals surface area contributed by atoms with E-state index in [1.165, 1.54) is 72.6 Å². The van der Waals surface area contributed by atoms with Gasteiger partial charge in [-0.25, -0.2) is 0 Å². The van der Waals surface area contributed by atoms with Gasteiger partial charge in [-0.3, -0.25) is 0 Å². The van der Waals surface area contributed by atoms with Crippen LogP contribution in [-0.4, -0.2) is 0 Å². The molecule has 42 heavy (non-hydrogen) atoms. The molecule has 0 saturated heterocycles. The molecular weight excluding hydrogens is 506 g/mol. The van der Waals surface area contributed by atoms with Crippen molar-refractivity contribution in [2.24, 2.45) is 0 Å². The highest BCUT2D eigenvalue weighted by atomic mass is 15.1. The summed E-state index contributed by atoms with van der Waals surface area (Å²) >= 11 is 0. The van der Waals surface area contributed by atoms with E-state index in [2.05, 4.69) is 159 Å². The van der Waals surface area contributed by atoms with Crippen LogP contribution in [0.25, 0.3) is 33.4 Å². The molecule has 8 rings (SSSR count). The van der Waals surface area contributed by atoms with Crippen LogP contribution >= 0.6 is 0 Å². The van der Waals surface area contributed by atoms with Gasteiger partial charge in [0.25, 0.3) is 0 Å². The highest BCUT2D eigenvalue weighted by Crippen LogP contribution is 2.51. The molecular formula is C41H33N. The Kier molecular flexibility index (Phi) is 5.52. The van der Waals surface area contributed by atoms with Gasteiger partial charge < -0.3 is 4.90 Å². The first-order chi connectivity index (χ1) is 20.5. The third-order valence-electron chi connectivity index (χ3n) is 9.37. The standard InChI is InChI=1S/C41H33N/c1-27-12-14-28(15-13-27)29-16-18-32(19-17-29)42(33-20-22-36-31(25-33)24-30-8-4-5-9-35(30)36)34-21-23-38-37-10-6-7-11-39(37)41(2,3)40(38)26-34/h4-23,25-26H,24H2,1-3H3. The van der Waals surface area contributed by atoms with Crippen LogP contribution < -0.4 is 4.90 Å². The van der Waals surface area contributed by atoms with E-state index in [0.29, 0.717) is 0 Å². The van der Waals surface area contributed by atoms with Gasteiger partial charge in [-0.05, 0) is 105 Å². The van der Waals surface area contributed by atoms with Gasteiger partial charge in [0.05, 0.1) is 0 Å². The first kappa shape index (κ1) is 24.9. The van der Waals surface area contributed by atoms with E-state index in [1.807, 2.05) is 0 Å². The van der Waals surface area contributed by atoms with Crippen LogP contribution in [0, 0.1) is 6.92 Å². The van der Waals surface area contributed by atoms with Crippen molar-refractivity contribution in [3.05, 3.63) is 161 Å². The van der Waals surface area contributed by atoms with Crippen molar-refractivity contribution in [2.45, 2.75) is 32.6 Å². The van der Waals surface area contributed by atoms with Crippen LogP contribution in [0.1, 0.15) is 41.7 Å². The van der Waals surface area contributed by atoms with E-state index in [0.717, 1.165) is 12.1 Å². The Bertz CT molecular complexity index is 1980. The first-order valence-electron chi connectivity index (χ1n) is 14.9. The summed E-state index contributed by atoms with van der Waals surface area (Å²) in [5.41, 5.74) is 18.3. The lowest BCUT2D eigenvalue weighted by molar-refractivity contribution is 0.660. The Labute approximate surface area is 248 Å². The summed E-state index contributed by atoms with van der Waals surface area (Å²) < 4.78 is 0. The molecule has 0 saturated carbocycles. The van der Waals surface area contributed by atoms with E-state index < -0.39 is 0 Å². The van der Waals surface area contributed by atoms with Crippen molar-refractivity contribution < 1.29 is 0 Å². The quantitative estimate of drug-likeness (QED) is 0.215. The number of fused-ring (bicyclic) bond motifs is 6. The number of benzene rings is 6. The Balaban J connectivity index is 1.26. The van der Waals surface area contributed by atoms with Crippen LogP contribution in [0.2, 0.25) is 0 Å². The molecule has 2 aliphatic carbocycles. The molecule has 0 spiro atoms. The van der Waals surface area contributed by atoms with Gasteiger partial charge in [0.1, 0.15) is 0 Å². The molecule has 0 bridgehead atoms. The zero-order valence-corrected chi connectivity index (χ0v) is 24.4. The Morgan fingerprint density at radius 3 is 1.79 bits per heavy atom. The Morgan fingerprint density at radius 2 is 1.02 bits per heavy atom. The summed E-state index contributed by atoms with van der Waals surface area (Å²) in [5, 5.41) is 0. The molecule has 0 aliphatic heterocycles. The van der Waals surface area contributed by atoms with E-state index in [1.54, 1.807) is 0 Å². The Morgan fingerprint density at radius 1 is 0.476 bits per heavy atom. The van der Waals surface area contributed by atoms with Crippen molar-refractivity contribution in [1.29, 1.82) is 0 Å². The fraction of sp³-hybridized carbons (Fsp3) is 0.122. The Hall–Kier alpha value is -4.88.